The molecule has 1 aromatic heterocycles. The molecular formula is C8H16N4. The molecule has 0 atom stereocenters. The lowest BCUT2D eigenvalue weighted by molar-refractivity contribution is 0.595. The number of rotatable bonds is 5. The Kier molecular flexibility index (Phi) is 3.73. The van der Waals surface area contributed by atoms with E-state index in [4.69, 9.17) is 0 Å². The van der Waals surface area contributed by atoms with E-state index in [1.165, 1.54) is 0 Å². The zero-order chi connectivity index (χ0) is 8.81. The van der Waals surface area contributed by atoms with Gasteiger partial charge in [0.05, 0.1) is 0 Å². The SMILES string of the molecule is CCNCCc1ncnn1CC. The Balaban J connectivity index is 2.39. The largest absolute Gasteiger partial charge is 0.317 e. The van der Waals surface area contributed by atoms with Gasteiger partial charge in [-0.2, -0.15) is 5.10 Å². The summed E-state index contributed by atoms with van der Waals surface area (Å²) >= 11 is 0. The van der Waals surface area contributed by atoms with E-state index in [0.29, 0.717) is 0 Å². The first-order valence-corrected chi connectivity index (χ1v) is 4.45. The summed E-state index contributed by atoms with van der Waals surface area (Å²) in [6.45, 7) is 7.08. The van der Waals surface area contributed by atoms with Crippen molar-refractivity contribution in [3.63, 3.8) is 0 Å². The van der Waals surface area contributed by atoms with Crippen molar-refractivity contribution in [3.05, 3.63) is 12.2 Å². The molecule has 0 radical (unpaired) electrons. The van der Waals surface area contributed by atoms with Gasteiger partial charge >= 0.3 is 0 Å². The molecule has 0 saturated carbocycles. The van der Waals surface area contributed by atoms with E-state index in [9.17, 15) is 0 Å². The predicted octanol–water partition coefficient (Wildman–Crippen LogP) is 0.450. The van der Waals surface area contributed by atoms with Gasteiger partial charge in [-0.05, 0) is 13.5 Å². The van der Waals surface area contributed by atoms with Crippen LogP contribution in [0.2, 0.25) is 0 Å². The Hall–Kier alpha value is -0.900. The molecule has 1 heterocycles. The van der Waals surface area contributed by atoms with Gasteiger partial charge in [-0.15, -0.1) is 0 Å². The third-order valence-electron chi connectivity index (χ3n) is 1.77. The minimum Gasteiger partial charge on any atom is -0.317 e. The second-order valence-electron chi connectivity index (χ2n) is 2.60. The highest BCUT2D eigenvalue weighted by Crippen LogP contribution is 1.93. The smallest absolute Gasteiger partial charge is 0.138 e. The van der Waals surface area contributed by atoms with Gasteiger partial charge in [-0.25, -0.2) is 4.98 Å². The highest BCUT2D eigenvalue weighted by molar-refractivity contribution is 4.84. The zero-order valence-electron chi connectivity index (χ0n) is 7.75. The Morgan fingerprint density at radius 1 is 1.50 bits per heavy atom. The second-order valence-corrected chi connectivity index (χ2v) is 2.60. The van der Waals surface area contributed by atoms with Crippen LogP contribution in [-0.4, -0.2) is 27.9 Å². The summed E-state index contributed by atoms with van der Waals surface area (Å²) < 4.78 is 1.93. The molecule has 0 aromatic carbocycles. The molecular weight excluding hydrogens is 152 g/mol. The molecule has 1 N–H and O–H groups in total. The van der Waals surface area contributed by atoms with Crippen molar-refractivity contribution in [1.82, 2.24) is 20.1 Å². The van der Waals surface area contributed by atoms with Crippen LogP contribution < -0.4 is 5.32 Å². The van der Waals surface area contributed by atoms with Crippen LogP contribution in [0.5, 0.6) is 0 Å². The van der Waals surface area contributed by atoms with Crippen LogP contribution in [0.15, 0.2) is 6.33 Å². The molecule has 4 nitrogen and oxygen atoms in total. The molecule has 0 aliphatic carbocycles. The topological polar surface area (TPSA) is 42.7 Å². The molecule has 4 heteroatoms. The van der Waals surface area contributed by atoms with Crippen molar-refractivity contribution >= 4 is 0 Å². The lowest BCUT2D eigenvalue weighted by Crippen LogP contribution is -2.18. The summed E-state index contributed by atoms with van der Waals surface area (Å²) in [6.07, 6.45) is 2.58. The van der Waals surface area contributed by atoms with E-state index in [-0.39, 0.29) is 0 Å². The van der Waals surface area contributed by atoms with Crippen molar-refractivity contribution in [1.29, 1.82) is 0 Å². The number of likely N-dealkylation sites (N-methyl/N-ethyl adjacent to an activating group) is 1. The van der Waals surface area contributed by atoms with Crippen LogP contribution in [0.4, 0.5) is 0 Å². The van der Waals surface area contributed by atoms with Gasteiger partial charge in [0.1, 0.15) is 12.2 Å². The number of nitrogens with zero attached hydrogens (tertiary/aromatic N) is 3. The first-order valence-electron chi connectivity index (χ1n) is 4.45. The van der Waals surface area contributed by atoms with E-state index in [2.05, 4.69) is 29.2 Å². The monoisotopic (exact) mass is 168 g/mol. The normalized spacial score (nSPS) is 10.5. The highest BCUT2D eigenvalue weighted by Gasteiger charge is 2.00. The average molecular weight is 168 g/mol. The van der Waals surface area contributed by atoms with Crippen molar-refractivity contribution < 1.29 is 0 Å². The Morgan fingerprint density at radius 2 is 2.33 bits per heavy atom. The predicted molar refractivity (Wildman–Crippen MR) is 47.9 cm³/mol. The maximum absolute atomic E-state index is 4.17. The third kappa shape index (κ3) is 2.30. The summed E-state index contributed by atoms with van der Waals surface area (Å²) in [6, 6.07) is 0. The van der Waals surface area contributed by atoms with Crippen molar-refractivity contribution in [2.24, 2.45) is 0 Å². The fourth-order valence-electron chi connectivity index (χ4n) is 1.12. The Morgan fingerprint density at radius 3 is 3.00 bits per heavy atom. The number of hydrogen-bond acceptors (Lipinski definition) is 3. The zero-order valence-corrected chi connectivity index (χ0v) is 7.75. The minimum absolute atomic E-state index is 0.904. The molecule has 12 heavy (non-hydrogen) atoms. The average Bonchev–Trinajstić information content (AvgIpc) is 2.52. The van der Waals surface area contributed by atoms with Gasteiger partial charge in [-0.3, -0.25) is 4.68 Å². The van der Waals surface area contributed by atoms with Gasteiger partial charge in [0, 0.05) is 19.5 Å². The molecule has 0 amide bonds. The van der Waals surface area contributed by atoms with Gasteiger partial charge in [-0.1, -0.05) is 6.92 Å². The second kappa shape index (κ2) is 4.87. The molecule has 1 aromatic rings. The maximum atomic E-state index is 4.17. The van der Waals surface area contributed by atoms with E-state index in [1.807, 2.05) is 4.68 Å². The molecule has 0 aliphatic rings. The molecule has 68 valence electrons. The summed E-state index contributed by atoms with van der Waals surface area (Å²) in [5.74, 6) is 1.07. The first kappa shape index (κ1) is 9.19. The van der Waals surface area contributed by atoms with Crippen molar-refractivity contribution in [3.8, 4) is 0 Å². The minimum atomic E-state index is 0.904. The summed E-state index contributed by atoms with van der Waals surface area (Å²) in [4.78, 5) is 4.17. The molecule has 0 spiro atoms. The van der Waals surface area contributed by atoms with Crippen LogP contribution in [0.1, 0.15) is 19.7 Å². The fourth-order valence-corrected chi connectivity index (χ4v) is 1.12. The van der Waals surface area contributed by atoms with E-state index in [0.717, 1.165) is 31.9 Å². The maximum Gasteiger partial charge on any atom is 0.138 e. The summed E-state index contributed by atoms with van der Waals surface area (Å²) in [5, 5.41) is 7.35. The molecule has 0 unspecified atom stereocenters. The van der Waals surface area contributed by atoms with Crippen LogP contribution in [0, 0.1) is 0 Å². The van der Waals surface area contributed by atoms with E-state index in [1.54, 1.807) is 6.33 Å². The van der Waals surface area contributed by atoms with Crippen LogP contribution in [-0.2, 0) is 13.0 Å². The lowest BCUT2D eigenvalue weighted by atomic mass is 10.4. The Bertz CT molecular complexity index is 219. The van der Waals surface area contributed by atoms with Crippen LogP contribution >= 0.6 is 0 Å². The van der Waals surface area contributed by atoms with Crippen molar-refractivity contribution in [2.75, 3.05) is 13.1 Å². The summed E-state index contributed by atoms with van der Waals surface area (Å²) in [7, 11) is 0. The number of nitrogens with one attached hydrogen (secondary N) is 1. The number of aryl methyl sites for hydroxylation is 1. The molecule has 0 aliphatic heterocycles. The Labute approximate surface area is 73.0 Å². The van der Waals surface area contributed by atoms with Crippen LogP contribution in [0.3, 0.4) is 0 Å². The third-order valence-corrected chi connectivity index (χ3v) is 1.77. The van der Waals surface area contributed by atoms with Gasteiger partial charge in [0.15, 0.2) is 0 Å². The first-order chi connectivity index (χ1) is 5.88. The fraction of sp³-hybridized carbons (Fsp3) is 0.750. The summed E-state index contributed by atoms with van der Waals surface area (Å²) in [5.41, 5.74) is 0. The lowest BCUT2D eigenvalue weighted by Gasteiger charge is -2.02. The van der Waals surface area contributed by atoms with Gasteiger partial charge in [0.25, 0.3) is 0 Å². The van der Waals surface area contributed by atoms with Crippen molar-refractivity contribution in [2.45, 2.75) is 26.8 Å². The molecule has 1 rings (SSSR count). The van der Waals surface area contributed by atoms with E-state index >= 15 is 0 Å². The van der Waals surface area contributed by atoms with Crippen LogP contribution in [0.25, 0.3) is 0 Å². The number of hydrogen-bond donors (Lipinski definition) is 1. The standard InChI is InChI=1S/C8H16N4/c1-3-9-6-5-8-10-7-11-12(8)4-2/h7,9H,3-6H2,1-2H3. The highest BCUT2D eigenvalue weighted by atomic mass is 15.3. The molecule has 0 bridgehead atoms. The quantitative estimate of drug-likeness (QED) is 0.649. The van der Waals surface area contributed by atoms with Gasteiger partial charge in [0.2, 0.25) is 0 Å². The molecule has 0 saturated heterocycles. The number of aromatic nitrogens is 3. The van der Waals surface area contributed by atoms with Gasteiger partial charge < -0.3 is 5.32 Å². The molecule has 0 fully saturated rings. The van der Waals surface area contributed by atoms with E-state index < -0.39 is 0 Å².